The molecule has 92 valence electrons. The minimum Gasteiger partial charge on any atom is -0.481 e. The summed E-state index contributed by atoms with van der Waals surface area (Å²) in [6.45, 7) is 7.07. The van der Waals surface area contributed by atoms with Gasteiger partial charge in [-0.25, -0.2) is 4.79 Å². The molecule has 1 fully saturated rings. The molecule has 1 aliphatic heterocycles. The SMILES string of the molecule is CC(C)(C)CC(CN1CCOC1=O)C(=O)O. The van der Waals surface area contributed by atoms with Crippen molar-refractivity contribution >= 4 is 12.1 Å². The van der Waals surface area contributed by atoms with E-state index in [1.165, 1.54) is 4.90 Å². The number of carbonyl (C=O) groups is 2. The maximum atomic E-state index is 11.2. The highest BCUT2D eigenvalue weighted by Gasteiger charge is 2.31. The molecule has 0 aromatic rings. The molecule has 1 saturated heterocycles. The zero-order chi connectivity index (χ0) is 12.3. The van der Waals surface area contributed by atoms with Gasteiger partial charge in [0.15, 0.2) is 0 Å². The van der Waals surface area contributed by atoms with Crippen LogP contribution in [0.5, 0.6) is 0 Å². The van der Waals surface area contributed by atoms with E-state index in [9.17, 15) is 9.59 Å². The number of aliphatic carboxylic acids is 1. The first-order chi connectivity index (χ1) is 7.29. The van der Waals surface area contributed by atoms with Crippen LogP contribution in [0.25, 0.3) is 0 Å². The van der Waals surface area contributed by atoms with Crippen LogP contribution in [0.4, 0.5) is 4.79 Å². The highest BCUT2D eigenvalue weighted by atomic mass is 16.6. The van der Waals surface area contributed by atoms with Crippen LogP contribution < -0.4 is 0 Å². The molecule has 16 heavy (non-hydrogen) atoms. The second-order valence-electron chi connectivity index (χ2n) is 5.36. The van der Waals surface area contributed by atoms with Crippen molar-refractivity contribution in [3.8, 4) is 0 Å². The van der Waals surface area contributed by atoms with E-state index in [1.54, 1.807) is 0 Å². The van der Waals surface area contributed by atoms with E-state index < -0.39 is 18.0 Å². The van der Waals surface area contributed by atoms with Crippen molar-refractivity contribution in [3.05, 3.63) is 0 Å². The lowest BCUT2D eigenvalue weighted by atomic mass is 9.84. The first-order valence-electron chi connectivity index (χ1n) is 5.44. The molecule has 0 aromatic carbocycles. The Balaban J connectivity index is 2.58. The molecule has 0 bridgehead atoms. The Kier molecular flexibility index (Phi) is 3.78. The minimum absolute atomic E-state index is 0.0628. The molecule has 1 amide bonds. The van der Waals surface area contributed by atoms with Crippen molar-refractivity contribution in [1.29, 1.82) is 0 Å². The molecule has 1 N–H and O–H groups in total. The molecule has 0 aromatic heterocycles. The maximum absolute atomic E-state index is 11.2. The van der Waals surface area contributed by atoms with Gasteiger partial charge in [-0.2, -0.15) is 0 Å². The molecule has 5 heteroatoms. The standard InChI is InChI=1S/C11H19NO4/c1-11(2,3)6-8(9(13)14)7-12-4-5-16-10(12)15/h8H,4-7H2,1-3H3,(H,13,14). The monoisotopic (exact) mass is 229 g/mol. The lowest BCUT2D eigenvalue weighted by molar-refractivity contribution is -0.143. The highest BCUT2D eigenvalue weighted by molar-refractivity contribution is 5.73. The summed E-state index contributed by atoms with van der Waals surface area (Å²) in [5.74, 6) is -1.37. The second kappa shape index (κ2) is 4.72. The normalized spacial score (nSPS) is 18.4. The summed E-state index contributed by atoms with van der Waals surface area (Å²) in [7, 11) is 0. The number of hydrogen-bond acceptors (Lipinski definition) is 3. The third kappa shape index (κ3) is 3.72. The number of carboxylic acids is 1. The van der Waals surface area contributed by atoms with Gasteiger partial charge >= 0.3 is 12.1 Å². The van der Waals surface area contributed by atoms with E-state index in [-0.39, 0.29) is 12.0 Å². The molecule has 0 saturated carbocycles. The van der Waals surface area contributed by atoms with E-state index in [0.717, 1.165) is 0 Å². The fourth-order valence-electron chi connectivity index (χ4n) is 1.83. The fourth-order valence-corrected chi connectivity index (χ4v) is 1.83. The predicted molar refractivity (Wildman–Crippen MR) is 58.1 cm³/mol. The summed E-state index contributed by atoms with van der Waals surface area (Å²) in [6.07, 6.45) is 0.145. The van der Waals surface area contributed by atoms with Gasteiger partial charge in [0, 0.05) is 6.54 Å². The van der Waals surface area contributed by atoms with E-state index in [0.29, 0.717) is 19.6 Å². The molecular formula is C11H19NO4. The first-order valence-corrected chi connectivity index (χ1v) is 5.44. The van der Waals surface area contributed by atoms with Crippen molar-refractivity contribution in [1.82, 2.24) is 4.90 Å². The van der Waals surface area contributed by atoms with Crippen molar-refractivity contribution in [2.75, 3.05) is 19.7 Å². The van der Waals surface area contributed by atoms with Gasteiger partial charge in [-0.1, -0.05) is 20.8 Å². The second-order valence-corrected chi connectivity index (χ2v) is 5.36. The van der Waals surface area contributed by atoms with Crippen molar-refractivity contribution in [3.63, 3.8) is 0 Å². The molecule has 1 aliphatic rings. The predicted octanol–water partition coefficient (Wildman–Crippen LogP) is 1.58. The van der Waals surface area contributed by atoms with Gasteiger partial charge in [-0.3, -0.25) is 4.79 Å². The Bertz CT molecular complexity index is 282. The number of rotatable bonds is 4. The van der Waals surface area contributed by atoms with Crippen molar-refractivity contribution < 1.29 is 19.4 Å². The third-order valence-electron chi connectivity index (χ3n) is 2.49. The summed E-state index contributed by atoms with van der Waals surface area (Å²) in [5, 5.41) is 9.10. The summed E-state index contributed by atoms with van der Waals surface area (Å²) < 4.78 is 4.77. The van der Waals surface area contributed by atoms with Gasteiger partial charge in [-0.05, 0) is 11.8 Å². The van der Waals surface area contributed by atoms with Crippen molar-refractivity contribution in [2.45, 2.75) is 27.2 Å². The van der Waals surface area contributed by atoms with Gasteiger partial charge in [0.1, 0.15) is 6.61 Å². The van der Waals surface area contributed by atoms with Crippen molar-refractivity contribution in [2.24, 2.45) is 11.3 Å². The number of hydrogen-bond donors (Lipinski definition) is 1. The Morgan fingerprint density at radius 3 is 2.56 bits per heavy atom. The van der Waals surface area contributed by atoms with Crippen LogP contribution in [0.15, 0.2) is 0 Å². The quantitative estimate of drug-likeness (QED) is 0.794. The van der Waals surface area contributed by atoms with Gasteiger partial charge in [0.05, 0.1) is 12.5 Å². The largest absolute Gasteiger partial charge is 0.481 e. The van der Waals surface area contributed by atoms with Crippen LogP contribution in [-0.2, 0) is 9.53 Å². The average Bonchev–Trinajstić information content (AvgIpc) is 2.48. The summed E-state index contributed by atoms with van der Waals surface area (Å²) in [4.78, 5) is 23.8. The van der Waals surface area contributed by atoms with Crippen LogP contribution >= 0.6 is 0 Å². The van der Waals surface area contributed by atoms with Gasteiger partial charge in [0.25, 0.3) is 0 Å². The van der Waals surface area contributed by atoms with Crippen LogP contribution in [0.1, 0.15) is 27.2 Å². The van der Waals surface area contributed by atoms with E-state index >= 15 is 0 Å². The fraction of sp³-hybridized carbons (Fsp3) is 0.818. The zero-order valence-electron chi connectivity index (χ0n) is 10.0. The Morgan fingerprint density at radius 1 is 1.56 bits per heavy atom. The lowest BCUT2D eigenvalue weighted by Crippen LogP contribution is -2.35. The first kappa shape index (κ1) is 12.8. The molecule has 1 unspecified atom stereocenters. The molecule has 1 heterocycles. The number of carboxylic acid groups (broad SMARTS) is 1. The summed E-state index contributed by atoms with van der Waals surface area (Å²) in [5.41, 5.74) is -0.0628. The van der Waals surface area contributed by atoms with Gasteiger partial charge < -0.3 is 14.7 Å². The molecule has 0 aliphatic carbocycles. The molecule has 1 rings (SSSR count). The summed E-state index contributed by atoms with van der Waals surface area (Å²) >= 11 is 0. The Morgan fingerprint density at radius 2 is 2.19 bits per heavy atom. The van der Waals surface area contributed by atoms with Gasteiger partial charge in [-0.15, -0.1) is 0 Å². The molecule has 0 spiro atoms. The minimum atomic E-state index is -0.852. The Labute approximate surface area is 95.4 Å². The van der Waals surface area contributed by atoms with Crippen LogP contribution in [0, 0.1) is 11.3 Å². The number of nitrogens with zero attached hydrogens (tertiary/aromatic N) is 1. The zero-order valence-corrected chi connectivity index (χ0v) is 10.0. The summed E-state index contributed by atoms with van der Waals surface area (Å²) in [6, 6.07) is 0. The number of amides is 1. The van der Waals surface area contributed by atoms with E-state index in [1.807, 2.05) is 20.8 Å². The van der Waals surface area contributed by atoms with Crippen LogP contribution in [0.2, 0.25) is 0 Å². The maximum Gasteiger partial charge on any atom is 0.409 e. The van der Waals surface area contributed by atoms with Gasteiger partial charge in [0.2, 0.25) is 0 Å². The van der Waals surface area contributed by atoms with Crippen LogP contribution in [0.3, 0.4) is 0 Å². The van der Waals surface area contributed by atoms with E-state index in [2.05, 4.69) is 0 Å². The Hall–Kier alpha value is -1.26. The number of carbonyl (C=O) groups excluding carboxylic acids is 1. The molecule has 1 atom stereocenters. The topological polar surface area (TPSA) is 66.8 Å². The number of cyclic esters (lactones) is 1. The molecule has 0 radical (unpaired) electrons. The average molecular weight is 229 g/mol. The highest BCUT2D eigenvalue weighted by Crippen LogP contribution is 2.25. The van der Waals surface area contributed by atoms with E-state index in [4.69, 9.17) is 9.84 Å². The third-order valence-corrected chi connectivity index (χ3v) is 2.49. The van der Waals surface area contributed by atoms with Crippen LogP contribution in [-0.4, -0.2) is 41.8 Å². The lowest BCUT2D eigenvalue weighted by Gasteiger charge is -2.25. The molecule has 5 nitrogen and oxygen atoms in total. The molecular weight excluding hydrogens is 210 g/mol. The smallest absolute Gasteiger partial charge is 0.409 e. The number of ether oxygens (including phenoxy) is 1.